The lowest BCUT2D eigenvalue weighted by Gasteiger charge is -2.37. The molecule has 1 saturated heterocycles. The first-order valence-electron chi connectivity index (χ1n) is 11.3. The van der Waals surface area contributed by atoms with E-state index in [0.717, 1.165) is 49.5 Å². The van der Waals surface area contributed by atoms with Crippen molar-refractivity contribution >= 4 is 5.91 Å². The number of pyridine rings is 1. The van der Waals surface area contributed by atoms with Crippen molar-refractivity contribution in [3.63, 3.8) is 0 Å². The third-order valence-electron chi connectivity index (χ3n) is 6.08. The Bertz CT molecular complexity index is 994. The minimum absolute atomic E-state index is 0.0387. The molecule has 32 heavy (non-hydrogen) atoms. The molecule has 1 aromatic heterocycles. The van der Waals surface area contributed by atoms with Crippen LogP contribution in [0.5, 0.6) is 5.75 Å². The van der Waals surface area contributed by atoms with Gasteiger partial charge in [-0.1, -0.05) is 48.5 Å². The van der Waals surface area contributed by atoms with Crippen LogP contribution in [-0.2, 0) is 17.8 Å². The fraction of sp³-hybridized carbons (Fsp3) is 0.333. The number of aromatic nitrogens is 1. The number of methoxy groups -OCH3 is 1. The van der Waals surface area contributed by atoms with E-state index in [1.54, 1.807) is 7.11 Å². The van der Waals surface area contributed by atoms with Crippen molar-refractivity contribution in [1.29, 1.82) is 0 Å². The van der Waals surface area contributed by atoms with E-state index in [0.29, 0.717) is 12.3 Å². The quantitative estimate of drug-likeness (QED) is 0.577. The predicted octanol–water partition coefficient (Wildman–Crippen LogP) is 4.40. The maximum absolute atomic E-state index is 12.9. The van der Waals surface area contributed by atoms with E-state index in [2.05, 4.69) is 27.3 Å². The van der Waals surface area contributed by atoms with Gasteiger partial charge in [0.2, 0.25) is 5.91 Å². The second kappa shape index (κ2) is 10.9. The molecule has 1 amide bonds. The van der Waals surface area contributed by atoms with Gasteiger partial charge in [0, 0.05) is 19.3 Å². The molecule has 1 N–H and O–H groups in total. The number of ether oxygens (including phenoxy) is 1. The number of carbonyl (C=O) groups excluding carboxylic acids is 1. The molecule has 5 heteroatoms. The molecule has 1 aliphatic heterocycles. The van der Waals surface area contributed by atoms with Gasteiger partial charge >= 0.3 is 0 Å². The van der Waals surface area contributed by atoms with Gasteiger partial charge in [0.15, 0.2) is 0 Å². The first-order chi connectivity index (χ1) is 15.7. The molecule has 1 fully saturated rings. The normalized spacial score (nSPS) is 17.5. The van der Waals surface area contributed by atoms with Gasteiger partial charge in [-0.2, -0.15) is 0 Å². The van der Waals surface area contributed by atoms with E-state index in [9.17, 15) is 4.79 Å². The number of carbonyl (C=O) groups is 1. The zero-order valence-electron chi connectivity index (χ0n) is 18.6. The van der Waals surface area contributed by atoms with Crippen molar-refractivity contribution in [2.24, 2.45) is 5.92 Å². The molecule has 0 aliphatic carbocycles. The van der Waals surface area contributed by atoms with Crippen molar-refractivity contribution in [3.05, 3.63) is 95.8 Å². The van der Waals surface area contributed by atoms with Crippen molar-refractivity contribution in [2.75, 3.05) is 20.2 Å². The zero-order valence-corrected chi connectivity index (χ0v) is 18.6. The molecule has 0 unspecified atom stereocenters. The molecule has 3 aromatic rings. The van der Waals surface area contributed by atoms with E-state index >= 15 is 0 Å². The van der Waals surface area contributed by atoms with Crippen molar-refractivity contribution in [1.82, 2.24) is 15.2 Å². The average Bonchev–Trinajstić information content (AvgIpc) is 2.84. The fourth-order valence-corrected chi connectivity index (χ4v) is 4.53. The van der Waals surface area contributed by atoms with Gasteiger partial charge in [-0.05, 0) is 60.7 Å². The molecule has 0 spiro atoms. The van der Waals surface area contributed by atoms with Crippen molar-refractivity contribution in [3.8, 4) is 5.75 Å². The van der Waals surface area contributed by atoms with Crippen LogP contribution in [0.4, 0.5) is 0 Å². The number of amides is 1. The number of likely N-dealkylation sites (tertiary alicyclic amines) is 1. The lowest BCUT2D eigenvalue weighted by atomic mass is 9.88. The molecule has 0 saturated carbocycles. The van der Waals surface area contributed by atoms with Crippen LogP contribution in [0.2, 0.25) is 0 Å². The maximum atomic E-state index is 12.9. The Hall–Kier alpha value is -3.18. The van der Waals surface area contributed by atoms with Crippen LogP contribution in [0, 0.1) is 5.92 Å². The summed E-state index contributed by atoms with van der Waals surface area (Å²) in [4.78, 5) is 20.0. The number of benzene rings is 2. The molecule has 2 atom stereocenters. The smallest absolute Gasteiger partial charge is 0.224 e. The third kappa shape index (κ3) is 5.95. The van der Waals surface area contributed by atoms with Crippen molar-refractivity contribution in [2.45, 2.75) is 31.8 Å². The molecule has 1 aliphatic rings. The molecule has 0 bridgehead atoms. The topological polar surface area (TPSA) is 54.5 Å². The van der Waals surface area contributed by atoms with E-state index in [1.165, 1.54) is 5.56 Å². The van der Waals surface area contributed by atoms with Gasteiger partial charge in [-0.3, -0.25) is 14.7 Å². The lowest BCUT2D eigenvalue weighted by Crippen LogP contribution is -2.43. The number of nitrogens with zero attached hydrogens (tertiary/aromatic N) is 2. The summed E-state index contributed by atoms with van der Waals surface area (Å²) in [6, 6.07) is 24.0. The highest BCUT2D eigenvalue weighted by atomic mass is 16.5. The van der Waals surface area contributed by atoms with Crippen LogP contribution in [0.1, 0.15) is 35.7 Å². The van der Waals surface area contributed by atoms with Crippen LogP contribution in [0.15, 0.2) is 79.0 Å². The summed E-state index contributed by atoms with van der Waals surface area (Å²) in [5.74, 6) is 1.23. The maximum Gasteiger partial charge on any atom is 0.224 e. The zero-order chi connectivity index (χ0) is 22.2. The Balaban J connectivity index is 1.47. The summed E-state index contributed by atoms with van der Waals surface area (Å²) < 4.78 is 5.38. The van der Waals surface area contributed by atoms with E-state index in [-0.39, 0.29) is 11.9 Å². The SMILES string of the molecule is COc1cccc(CN2CCC[C@@H]([C@@H](NC(=O)Cc3ccccc3)c3ccccn3)C2)c1. The summed E-state index contributed by atoms with van der Waals surface area (Å²) in [6.07, 6.45) is 4.36. The number of piperidine rings is 1. The second-order valence-corrected chi connectivity index (χ2v) is 8.45. The monoisotopic (exact) mass is 429 g/mol. The average molecular weight is 430 g/mol. The summed E-state index contributed by atoms with van der Waals surface area (Å²) in [5.41, 5.74) is 3.20. The van der Waals surface area contributed by atoms with Gasteiger partial charge < -0.3 is 10.1 Å². The predicted molar refractivity (Wildman–Crippen MR) is 126 cm³/mol. The van der Waals surface area contributed by atoms with E-state index in [4.69, 9.17) is 4.74 Å². The minimum atomic E-state index is -0.0967. The first kappa shape index (κ1) is 22.0. The minimum Gasteiger partial charge on any atom is -0.497 e. The summed E-state index contributed by atoms with van der Waals surface area (Å²) in [5, 5.41) is 3.31. The Morgan fingerprint density at radius 3 is 2.69 bits per heavy atom. The first-order valence-corrected chi connectivity index (χ1v) is 11.3. The highest BCUT2D eigenvalue weighted by Gasteiger charge is 2.30. The van der Waals surface area contributed by atoms with Crippen molar-refractivity contribution < 1.29 is 9.53 Å². The summed E-state index contributed by atoms with van der Waals surface area (Å²) in [7, 11) is 1.70. The van der Waals surface area contributed by atoms with Crippen LogP contribution in [0.3, 0.4) is 0 Å². The number of rotatable bonds is 8. The van der Waals surface area contributed by atoms with Crippen LogP contribution < -0.4 is 10.1 Å². The van der Waals surface area contributed by atoms with E-state index < -0.39 is 0 Å². The number of nitrogens with one attached hydrogen (secondary N) is 1. The summed E-state index contributed by atoms with van der Waals surface area (Å²) in [6.45, 7) is 2.85. The Labute approximate surface area is 190 Å². The van der Waals surface area contributed by atoms with Crippen LogP contribution in [0.25, 0.3) is 0 Å². The molecule has 166 valence electrons. The Morgan fingerprint density at radius 1 is 1.09 bits per heavy atom. The molecular weight excluding hydrogens is 398 g/mol. The standard InChI is InChI=1S/C27H31N3O2/c1-32-24-13-7-11-22(17-24)19-30-16-8-12-23(20-30)27(25-14-5-6-15-28-25)29-26(31)18-21-9-3-2-4-10-21/h2-7,9-11,13-15,17,23,27H,8,12,16,18-20H2,1H3,(H,29,31)/t23-,27-/m1/s1. The number of hydrogen-bond donors (Lipinski definition) is 1. The highest BCUT2D eigenvalue weighted by molar-refractivity contribution is 5.79. The Morgan fingerprint density at radius 2 is 1.91 bits per heavy atom. The second-order valence-electron chi connectivity index (χ2n) is 8.45. The lowest BCUT2D eigenvalue weighted by molar-refractivity contribution is -0.121. The van der Waals surface area contributed by atoms with Crippen LogP contribution in [-0.4, -0.2) is 36.0 Å². The summed E-state index contributed by atoms with van der Waals surface area (Å²) >= 11 is 0. The number of hydrogen-bond acceptors (Lipinski definition) is 4. The van der Waals surface area contributed by atoms with Gasteiger partial charge in [0.25, 0.3) is 0 Å². The third-order valence-corrected chi connectivity index (χ3v) is 6.08. The largest absolute Gasteiger partial charge is 0.497 e. The van der Waals surface area contributed by atoms with Crippen LogP contribution >= 0.6 is 0 Å². The van der Waals surface area contributed by atoms with Gasteiger partial charge in [-0.15, -0.1) is 0 Å². The van der Waals surface area contributed by atoms with Gasteiger partial charge in [-0.25, -0.2) is 0 Å². The van der Waals surface area contributed by atoms with Gasteiger partial charge in [0.05, 0.1) is 25.3 Å². The fourth-order valence-electron chi connectivity index (χ4n) is 4.53. The molecule has 5 nitrogen and oxygen atoms in total. The molecule has 2 heterocycles. The Kier molecular flexibility index (Phi) is 7.51. The molecular formula is C27H31N3O2. The molecule has 2 aromatic carbocycles. The molecule has 4 rings (SSSR count). The highest BCUT2D eigenvalue weighted by Crippen LogP contribution is 2.30. The molecule has 0 radical (unpaired) electrons. The van der Waals surface area contributed by atoms with E-state index in [1.807, 2.05) is 66.9 Å². The van der Waals surface area contributed by atoms with Gasteiger partial charge in [0.1, 0.15) is 5.75 Å².